The molecular formula is C13H18N2O4. The van der Waals surface area contributed by atoms with Gasteiger partial charge in [-0.05, 0) is 13.0 Å². The number of aromatic nitrogens is 1. The van der Waals surface area contributed by atoms with Crippen LogP contribution in [0.4, 0.5) is 0 Å². The summed E-state index contributed by atoms with van der Waals surface area (Å²) in [5, 5.41) is 12.7. The molecule has 6 nitrogen and oxygen atoms in total. The number of carbonyl (C=O) groups is 2. The molecule has 0 saturated carbocycles. The van der Waals surface area contributed by atoms with Gasteiger partial charge in [0.1, 0.15) is 11.3 Å². The molecule has 2 N–H and O–H groups in total. The Bertz CT molecular complexity index is 501. The lowest BCUT2D eigenvalue weighted by molar-refractivity contribution is 0.0263. The molecule has 1 fully saturated rings. The summed E-state index contributed by atoms with van der Waals surface area (Å²) in [5.74, 6) is -0.396. The molecule has 0 aromatic carbocycles. The molecule has 6 heteroatoms. The van der Waals surface area contributed by atoms with Crippen molar-refractivity contribution in [2.24, 2.45) is 7.05 Å². The lowest BCUT2D eigenvalue weighted by Gasteiger charge is -2.20. The number of Topliss-reactive ketones (excluding diaryl/α,β-unsaturated/α-hetero) is 1. The van der Waals surface area contributed by atoms with Gasteiger partial charge in [-0.25, -0.2) is 0 Å². The zero-order chi connectivity index (χ0) is 14.0. The highest BCUT2D eigenvalue weighted by Gasteiger charge is 2.32. The molecule has 1 saturated heterocycles. The first-order valence-electron chi connectivity index (χ1n) is 6.17. The van der Waals surface area contributed by atoms with Gasteiger partial charge >= 0.3 is 0 Å². The van der Waals surface area contributed by atoms with Gasteiger partial charge in [-0.2, -0.15) is 0 Å². The van der Waals surface area contributed by atoms with Gasteiger partial charge in [-0.15, -0.1) is 0 Å². The van der Waals surface area contributed by atoms with Crippen molar-refractivity contribution in [1.29, 1.82) is 0 Å². The smallest absolute Gasteiger partial charge is 0.268 e. The maximum absolute atomic E-state index is 12.0. The maximum Gasteiger partial charge on any atom is 0.268 e. The van der Waals surface area contributed by atoms with Gasteiger partial charge in [0, 0.05) is 38.4 Å². The van der Waals surface area contributed by atoms with Gasteiger partial charge in [-0.1, -0.05) is 0 Å². The summed E-state index contributed by atoms with van der Waals surface area (Å²) in [7, 11) is 1.70. The Kier molecular flexibility index (Phi) is 3.73. The topological polar surface area (TPSA) is 80.6 Å². The van der Waals surface area contributed by atoms with Crippen LogP contribution >= 0.6 is 0 Å². The van der Waals surface area contributed by atoms with E-state index in [0.717, 1.165) is 0 Å². The van der Waals surface area contributed by atoms with E-state index in [-0.39, 0.29) is 24.8 Å². The molecule has 1 atom stereocenters. The second-order valence-corrected chi connectivity index (χ2v) is 4.99. The third kappa shape index (κ3) is 3.02. The van der Waals surface area contributed by atoms with Crippen molar-refractivity contribution in [3.8, 4) is 0 Å². The molecule has 1 aliphatic heterocycles. The Morgan fingerprint density at radius 1 is 1.58 bits per heavy atom. The Labute approximate surface area is 111 Å². The minimum atomic E-state index is -0.982. The first-order valence-corrected chi connectivity index (χ1v) is 6.17. The van der Waals surface area contributed by atoms with E-state index >= 15 is 0 Å². The Balaban J connectivity index is 2.01. The molecule has 0 bridgehead atoms. The molecule has 1 aromatic rings. The van der Waals surface area contributed by atoms with Crippen LogP contribution < -0.4 is 5.32 Å². The Morgan fingerprint density at radius 3 is 2.84 bits per heavy atom. The predicted octanol–water partition coefficient (Wildman–Crippen LogP) is 0.109. The molecule has 1 aromatic heterocycles. The number of aliphatic hydroxyl groups is 1. The number of nitrogens with zero attached hydrogens (tertiary/aromatic N) is 1. The van der Waals surface area contributed by atoms with Crippen molar-refractivity contribution >= 4 is 11.7 Å². The number of rotatable bonds is 4. The van der Waals surface area contributed by atoms with E-state index < -0.39 is 5.60 Å². The maximum atomic E-state index is 12.0. The van der Waals surface area contributed by atoms with Crippen molar-refractivity contribution in [2.45, 2.75) is 18.9 Å². The number of aryl methyl sites for hydroxylation is 1. The number of ketones is 1. The summed E-state index contributed by atoms with van der Waals surface area (Å²) < 4.78 is 6.70. The fraction of sp³-hybridized carbons (Fsp3) is 0.538. The molecule has 1 unspecified atom stereocenters. The molecule has 2 rings (SSSR count). The van der Waals surface area contributed by atoms with Crippen molar-refractivity contribution in [3.05, 3.63) is 23.5 Å². The predicted molar refractivity (Wildman–Crippen MR) is 68.1 cm³/mol. The second-order valence-electron chi connectivity index (χ2n) is 4.99. The van der Waals surface area contributed by atoms with Crippen LogP contribution in [0.2, 0.25) is 0 Å². The fourth-order valence-corrected chi connectivity index (χ4v) is 2.05. The lowest BCUT2D eigenvalue weighted by atomic mass is 10.0. The highest BCUT2D eigenvalue weighted by Crippen LogP contribution is 2.17. The summed E-state index contributed by atoms with van der Waals surface area (Å²) in [5.41, 5.74) is -0.0900. The van der Waals surface area contributed by atoms with Gasteiger partial charge in [0.15, 0.2) is 5.78 Å². The normalized spacial score (nSPS) is 22.5. The van der Waals surface area contributed by atoms with Crippen LogP contribution in [0.1, 0.15) is 34.2 Å². The third-order valence-corrected chi connectivity index (χ3v) is 3.30. The molecule has 1 amide bonds. The molecule has 1 aliphatic rings. The van der Waals surface area contributed by atoms with Gasteiger partial charge in [0.2, 0.25) is 0 Å². The van der Waals surface area contributed by atoms with Crippen LogP contribution in [0, 0.1) is 0 Å². The minimum absolute atomic E-state index is 0.0857. The SMILES string of the molecule is CC(=O)c1cc(C(=O)NCC2(O)CCOC2)n(C)c1. The minimum Gasteiger partial charge on any atom is -0.386 e. The highest BCUT2D eigenvalue weighted by atomic mass is 16.5. The zero-order valence-electron chi connectivity index (χ0n) is 11.1. The standard InChI is InChI=1S/C13H18N2O4/c1-9(16)10-5-11(15(2)6-10)12(17)14-7-13(18)3-4-19-8-13/h5-6,18H,3-4,7-8H2,1-2H3,(H,14,17). The Morgan fingerprint density at radius 2 is 2.32 bits per heavy atom. The van der Waals surface area contributed by atoms with E-state index in [1.165, 1.54) is 6.92 Å². The van der Waals surface area contributed by atoms with Crippen LogP contribution in [-0.4, -0.2) is 46.7 Å². The molecule has 2 heterocycles. The molecule has 0 spiro atoms. The van der Waals surface area contributed by atoms with E-state index in [0.29, 0.717) is 24.3 Å². The number of carbonyl (C=O) groups excluding carboxylic acids is 2. The van der Waals surface area contributed by atoms with Crippen LogP contribution in [-0.2, 0) is 11.8 Å². The van der Waals surface area contributed by atoms with Crippen molar-refractivity contribution in [3.63, 3.8) is 0 Å². The van der Waals surface area contributed by atoms with E-state index in [1.54, 1.807) is 23.9 Å². The molecular weight excluding hydrogens is 248 g/mol. The quantitative estimate of drug-likeness (QED) is 0.758. The second kappa shape index (κ2) is 5.14. The van der Waals surface area contributed by atoms with E-state index in [4.69, 9.17) is 4.74 Å². The monoisotopic (exact) mass is 266 g/mol. The summed E-state index contributed by atoms with van der Waals surface area (Å²) >= 11 is 0. The number of hydrogen-bond donors (Lipinski definition) is 2. The Hall–Kier alpha value is -1.66. The average molecular weight is 266 g/mol. The lowest BCUT2D eigenvalue weighted by Crippen LogP contribution is -2.43. The summed E-state index contributed by atoms with van der Waals surface area (Å²) in [6.45, 7) is 2.34. The van der Waals surface area contributed by atoms with Crippen LogP contribution in [0.25, 0.3) is 0 Å². The van der Waals surface area contributed by atoms with Gasteiger partial charge in [0.25, 0.3) is 5.91 Å². The van der Waals surface area contributed by atoms with Gasteiger partial charge in [0.05, 0.1) is 6.61 Å². The van der Waals surface area contributed by atoms with E-state index in [9.17, 15) is 14.7 Å². The summed E-state index contributed by atoms with van der Waals surface area (Å²) in [4.78, 5) is 23.3. The van der Waals surface area contributed by atoms with Crippen molar-refractivity contribution in [2.75, 3.05) is 19.8 Å². The van der Waals surface area contributed by atoms with Crippen molar-refractivity contribution < 1.29 is 19.4 Å². The molecule has 0 aliphatic carbocycles. The van der Waals surface area contributed by atoms with E-state index in [1.807, 2.05) is 0 Å². The highest BCUT2D eigenvalue weighted by molar-refractivity contribution is 5.99. The van der Waals surface area contributed by atoms with Crippen molar-refractivity contribution in [1.82, 2.24) is 9.88 Å². The number of ether oxygens (including phenoxy) is 1. The fourth-order valence-electron chi connectivity index (χ4n) is 2.05. The van der Waals surface area contributed by atoms with Gasteiger partial charge in [-0.3, -0.25) is 9.59 Å². The first-order chi connectivity index (χ1) is 8.91. The third-order valence-electron chi connectivity index (χ3n) is 3.30. The summed E-state index contributed by atoms with van der Waals surface area (Å²) in [6.07, 6.45) is 2.13. The van der Waals surface area contributed by atoms with E-state index in [2.05, 4.69) is 5.32 Å². The van der Waals surface area contributed by atoms with Gasteiger partial charge < -0.3 is 19.7 Å². The average Bonchev–Trinajstić information content (AvgIpc) is 2.93. The number of amides is 1. The van der Waals surface area contributed by atoms with Crippen LogP contribution in [0.15, 0.2) is 12.3 Å². The number of hydrogen-bond acceptors (Lipinski definition) is 4. The molecule has 104 valence electrons. The zero-order valence-corrected chi connectivity index (χ0v) is 11.1. The largest absolute Gasteiger partial charge is 0.386 e. The van der Waals surface area contributed by atoms with Crippen LogP contribution in [0.5, 0.6) is 0 Å². The summed E-state index contributed by atoms with van der Waals surface area (Å²) in [6, 6.07) is 1.55. The molecule has 19 heavy (non-hydrogen) atoms. The molecule has 0 radical (unpaired) electrons. The van der Waals surface area contributed by atoms with Crippen LogP contribution in [0.3, 0.4) is 0 Å². The number of nitrogens with one attached hydrogen (secondary N) is 1. The first kappa shape index (κ1) is 13.8.